The number of fused-ring (bicyclic) bond motifs is 2. The number of pyridine rings is 1. The van der Waals surface area contributed by atoms with Crippen molar-refractivity contribution in [3.05, 3.63) is 82.3 Å². The summed E-state index contributed by atoms with van der Waals surface area (Å²) in [6.45, 7) is 3.85. The number of nitrogens with one attached hydrogen (secondary N) is 2. The first-order valence-corrected chi connectivity index (χ1v) is 12.1. The third kappa shape index (κ3) is 4.80. The van der Waals surface area contributed by atoms with Crippen molar-refractivity contribution in [3.8, 4) is 0 Å². The normalized spacial score (nSPS) is 16.1. The van der Waals surface area contributed by atoms with E-state index in [4.69, 9.17) is 4.42 Å². The van der Waals surface area contributed by atoms with E-state index in [0.717, 1.165) is 10.9 Å². The van der Waals surface area contributed by atoms with Crippen LogP contribution in [0, 0.1) is 6.92 Å². The second-order valence-corrected chi connectivity index (χ2v) is 9.21. The van der Waals surface area contributed by atoms with E-state index >= 15 is 0 Å². The summed E-state index contributed by atoms with van der Waals surface area (Å²) in [5.74, 6) is -1.05. The highest BCUT2D eigenvalue weighted by Crippen LogP contribution is 2.24. The quantitative estimate of drug-likeness (QED) is 0.407. The van der Waals surface area contributed by atoms with Crippen molar-refractivity contribution in [2.75, 3.05) is 11.9 Å². The van der Waals surface area contributed by atoms with E-state index in [1.54, 1.807) is 37.4 Å². The molecule has 5 rings (SSSR count). The lowest BCUT2D eigenvalue weighted by Crippen LogP contribution is -2.51. The molecule has 9 heteroatoms. The van der Waals surface area contributed by atoms with Crippen LogP contribution in [0.1, 0.15) is 35.7 Å². The van der Waals surface area contributed by atoms with Crippen LogP contribution >= 0.6 is 0 Å². The minimum atomic E-state index is -0.828. The third-order valence-electron chi connectivity index (χ3n) is 6.67. The van der Waals surface area contributed by atoms with Gasteiger partial charge in [0.1, 0.15) is 17.7 Å². The van der Waals surface area contributed by atoms with Crippen LogP contribution in [0.3, 0.4) is 0 Å². The van der Waals surface area contributed by atoms with E-state index in [2.05, 4.69) is 15.6 Å². The number of anilines is 1. The predicted molar refractivity (Wildman–Crippen MR) is 139 cm³/mol. The Morgan fingerprint density at radius 3 is 2.73 bits per heavy atom. The molecule has 0 spiro atoms. The molecule has 1 fully saturated rings. The van der Waals surface area contributed by atoms with Gasteiger partial charge in [-0.15, -0.1) is 0 Å². The lowest BCUT2D eigenvalue weighted by molar-refractivity contribution is -0.137. The van der Waals surface area contributed by atoms with Crippen molar-refractivity contribution in [1.29, 1.82) is 0 Å². The van der Waals surface area contributed by atoms with E-state index < -0.39 is 17.7 Å². The van der Waals surface area contributed by atoms with Crippen molar-refractivity contribution in [2.24, 2.45) is 0 Å². The Hall–Kier alpha value is -4.53. The molecule has 2 unspecified atom stereocenters. The van der Waals surface area contributed by atoms with Crippen LogP contribution in [0.5, 0.6) is 0 Å². The molecule has 1 aliphatic rings. The predicted octanol–water partition coefficient (Wildman–Crippen LogP) is 3.40. The summed E-state index contributed by atoms with van der Waals surface area (Å²) in [7, 11) is 0. The van der Waals surface area contributed by atoms with Gasteiger partial charge in [-0.1, -0.05) is 18.2 Å². The number of benzene rings is 2. The minimum Gasteiger partial charge on any atom is -0.423 e. The second-order valence-electron chi connectivity index (χ2n) is 9.21. The lowest BCUT2D eigenvalue weighted by Gasteiger charge is -2.27. The zero-order valence-electron chi connectivity index (χ0n) is 20.5. The van der Waals surface area contributed by atoms with Gasteiger partial charge in [0.05, 0.1) is 11.1 Å². The average molecular weight is 499 g/mol. The SMILES string of the molecule is Cc1cc(=O)oc2cc(NC(=O)C3CCCN3C(=O)C(C)NC(=O)c3ccnc4ccccc34)ccc12. The average Bonchev–Trinajstić information content (AvgIpc) is 3.37. The zero-order chi connectivity index (χ0) is 26.1. The first-order chi connectivity index (χ1) is 17.8. The molecule has 188 valence electrons. The number of hydrogen-bond acceptors (Lipinski definition) is 6. The van der Waals surface area contributed by atoms with E-state index in [1.807, 2.05) is 31.2 Å². The summed E-state index contributed by atoms with van der Waals surface area (Å²) < 4.78 is 5.27. The van der Waals surface area contributed by atoms with Crippen LogP contribution in [0.25, 0.3) is 21.9 Å². The molecule has 3 heterocycles. The molecule has 1 aliphatic heterocycles. The van der Waals surface area contributed by atoms with Crippen LogP contribution in [-0.2, 0) is 9.59 Å². The first kappa shape index (κ1) is 24.2. The summed E-state index contributed by atoms with van der Waals surface area (Å²) >= 11 is 0. The molecule has 0 aliphatic carbocycles. The van der Waals surface area contributed by atoms with Crippen LogP contribution in [-0.4, -0.2) is 46.2 Å². The number of amides is 3. The van der Waals surface area contributed by atoms with Gasteiger partial charge < -0.3 is 20.0 Å². The highest BCUT2D eigenvalue weighted by molar-refractivity contribution is 6.07. The number of nitrogens with zero attached hydrogens (tertiary/aromatic N) is 2. The standard InChI is InChI=1S/C28H26N4O5/c1-16-14-25(33)37-24-15-18(9-10-19(16)24)31-27(35)23-8-5-13-32(23)28(36)17(2)30-26(34)21-11-12-29-22-7-4-3-6-20(21)22/h3-4,6-7,9-12,14-15,17,23H,5,8,13H2,1-2H3,(H,30,34)(H,31,35). The number of aromatic nitrogens is 1. The second kappa shape index (κ2) is 9.85. The number of carbonyl (C=O) groups is 3. The van der Waals surface area contributed by atoms with E-state index in [0.29, 0.717) is 47.1 Å². The molecule has 2 aromatic heterocycles. The van der Waals surface area contributed by atoms with Crippen molar-refractivity contribution in [3.63, 3.8) is 0 Å². The Morgan fingerprint density at radius 2 is 1.89 bits per heavy atom. The van der Waals surface area contributed by atoms with Gasteiger partial charge in [-0.25, -0.2) is 4.79 Å². The fourth-order valence-electron chi connectivity index (χ4n) is 4.81. The molecule has 2 N–H and O–H groups in total. The Labute approximate surface area is 212 Å². The van der Waals surface area contributed by atoms with Crippen molar-refractivity contribution in [2.45, 2.75) is 38.8 Å². The van der Waals surface area contributed by atoms with Crippen molar-refractivity contribution < 1.29 is 18.8 Å². The number of aryl methyl sites for hydroxylation is 1. The van der Waals surface area contributed by atoms with Crippen LogP contribution in [0.4, 0.5) is 5.69 Å². The van der Waals surface area contributed by atoms with Gasteiger partial charge in [0.15, 0.2) is 0 Å². The summed E-state index contributed by atoms with van der Waals surface area (Å²) in [6.07, 6.45) is 2.74. The Kier molecular flexibility index (Phi) is 6.43. The summed E-state index contributed by atoms with van der Waals surface area (Å²) in [5, 5.41) is 7.09. The first-order valence-electron chi connectivity index (χ1n) is 12.1. The van der Waals surface area contributed by atoms with Crippen molar-refractivity contribution >= 4 is 45.3 Å². The number of carbonyl (C=O) groups excluding carboxylic acids is 3. The van der Waals surface area contributed by atoms with Gasteiger partial charge in [-0.2, -0.15) is 0 Å². The van der Waals surface area contributed by atoms with E-state index in [9.17, 15) is 19.2 Å². The molecule has 0 saturated carbocycles. The third-order valence-corrected chi connectivity index (χ3v) is 6.67. The van der Waals surface area contributed by atoms with Crippen LogP contribution in [0.15, 0.2) is 70.0 Å². The smallest absolute Gasteiger partial charge is 0.336 e. The molecular formula is C28H26N4O5. The van der Waals surface area contributed by atoms with Crippen molar-refractivity contribution in [1.82, 2.24) is 15.2 Å². The fraction of sp³-hybridized carbons (Fsp3) is 0.250. The molecule has 9 nitrogen and oxygen atoms in total. The Morgan fingerprint density at radius 1 is 1.08 bits per heavy atom. The van der Waals surface area contributed by atoms with Gasteiger partial charge in [0.2, 0.25) is 11.8 Å². The summed E-state index contributed by atoms with van der Waals surface area (Å²) in [6, 6.07) is 13.9. The summed E-state index contributed by atoms with van der Waals surface area (Å²) in [4.78, 5) is 56.9. The number of para-hydroxylation sites is 1. The van der Waals surface area contributed by atoms with Crippen LogP contribution in [0.2, 0.25) is 0 Å². The van der Waals surface area contributed by atoms with Gasteiger partial charge in [-0.3, -0.25) is 19.4 Å². The van der Waals surface area contributed by atoms with Gasteiger partial charge in [-0.05, 0) is 56.5 Å². The van der Waals surface area contributed by atoms with Crippen LogP contribution < -0.4 is 16.3 Å². The number of likely N-dealkylation sites (tertiary alicyclic amines) is 1. The molecule has 0 bridgehead atoms. The molecule has 37 heavy (non-hydrogen) atoms. The van der Waals surface area contributed by atoms with E-state index in [1.165, 1.54) is 11.0 Å². The zero-order valence-corrected chi connectivity index (χ0v) is 20.5. The maximum atomic E-state index is 13.3. The molecular weight excluding hydrogens is 472 g/mol. The molecule has 2 atom stereocenters. The molecule has 4 aromatic rings. The monoisotopic (exact) mass is 498 g/mol. The number of hydrogen-bond donors (Lipinski definition) is 2. The number of rotatable bonds is 5. The molecule has 1 saturated heterocycles. The Balaban J connectivity index is 1.28. The highest BCUT2D eigenvalue weighted by atomic mass is 16.4. The van der Waals surface area contributed by atoms with E-state index in [-0.39, 0.29) is 17.7 Å². The Bertz CT molecular complexity index is 1590. The topological polar surface area (TPSA) is 122 Å². The lowest BCUT2D eigenvalue weighted by atomic mass is 10.1. The maximum absolute atomic E-state index is 13.3. The minimum absolute atomic E-state index is 0.329. The summed E-state index contributed by atoms with van der Waals surface area (Å²) in [5.41, 5.74) is 2.29. The largest absolute Gasteiger partial charge is 0.423 e. The van der Waals surface area contributed by atoms with Gasteiger partial charge in [0.25, 0.3) is 5.91 Å². The molecule has 2 aromatic carbocycles. The fourth-order valence-corrected chi connectivity index (χ4v) is 4.81. The molecule has 3 amide bonds. The maximum Gasteiger partial charge on any atom is 0.336 e. The molecule has 0 radical (unpaired) electrons. The highest BCUT2D eigenvalue weighted by Gasteiger charge is 2.36. The van der Waals surface area contributed by atoms with Gasteiger partial charge in [0, 0.05) is 41.3 Å². The van der Waals surface area contributed by atoms with Gasteiger partial charge >= 0.3 is 5.63 Å².